The number of nitrogens with two attached hydrogens (primary N) is 1. The summed E-state index contributed by atoms with van der Waals surface area (Å²) in [4.78, 5) is 0.324. The van der Waals surface area contributed by atoms with Gasteiger partial charge in [-0.1, -0.05) is 43.4 Å². The smallest absolute Gasteiger partial charge is 0.218 e. The van der Waals surface area contributed by atoms with Crippen LogP contribution in [0.15, 0.2) is 24.3 Å². The molecule has 0 aromatic heterocycles. The van der Waals surface area contributed by atoms with Crippen LogP contribution in [0.4, 0.5) is 0 Å². The summed E-state index contributed by atoms with van der Waals surface area (Å²) >= 11 is 4.88. The molecule has 1 heterocycles. The third-order valence-corrected chi connectivity index (χ3v) is 5.81. The Hall–Kier alpha value is -0.980. The van der Waals surface area contributed by atoms with Crippen molar-refractivity contribution < 1.29 is 8.42 Å². The van der Waals surface area contributed by atoms with E-state index >= 15 is 0 Å². The first-order valence-corrected chi connectivity index (χ1v) is 8.77. The lowest BCUT2D eigenvalue weighted by Crippen LogP contribution is -2.38. The third kappa shape index (κ3) is 3.77. The zero-order valence-electron chi connectivity index (χ0n) is 11.6. The predicted octanol–water partition coefficient (Wildman–Crippen LogP) is 1.88. The van der Waals surface area contributed by atoms with Crippen molar-refractivity contribution in [2.24, 2.45) is 11.7 Å². The highest BCUT2D eigenvalue weighted by atomic mass is 32.2. The highest BCUT2D eigenvalue weighted by molar-refractivity contribution is 7.88. The maximum Gasteiger partial charge on any atom is 0.218 e. The fraction of sp³-hybridized carbons (Fsp3) is 0.500. The number of hydrogen-bond acceptors (Lipinski definition) is 3. The van der Waals surface area contributed by atoms with E-state index in [1.165, 1.54) is 0 Å². The molecule has 0 bridgehead atoms. The van der Waals surface area contributed by atoms with Gasteiger partial charge in [-0.25, -0.2) is 12.7 Å². The zero-order chi connectivity index (χ0) is 14.8. The third-order valence-electron chi connectivity index (χ3n) is 3.72. The van der Waals surface area contributed by atoms with Crippen LogP contribution in [-0.4, -0.2) is 30.8 Å². The zero-order valence-corrected chi connectivity index (χ0v) is 13.2. The first-order chi connectivity index (χ1) is 9.38. The van der Waals surface area contributed by atoms with Crippen LogP contribution < -0.4 is 5.73 Å². The van der Waals surface area contributed by atoms with Crippen molar-refractivity contribution in [3.8, 4) is 0 Å². The van der Waals surface area contributed by atoms with Gasteiger partial charge < -0.3 is 5.73 Å². The molecule has 0 spiro atoms. The fourth-order valence-corrected chi connectivity index (χ4v) is 4.03. The lowest BCUT2D eigenvalue weighted by atomic mass is 10.0. The predicted molar refractivity (Wildman–Crippen MR) is 84.9 cm³/mol. The van der Waals surface area contributed by atoms with Gasteiger partial charge in [0.15, 0.2) is 0 Å². The maximum absolute atomic E-state index is 12.4. The van der Waals surface area contributed by atoms with Crippen LogP contribution in [-0.2, 0) is 15.8 Å². The highest BCUT2D eigenvalue weighted by Crippen LogP contribution is 2.21. The van der Waals surface area contributed by atoms with E-state index in [2.05, 4.69) is 6.92 Å². The summed E-state index contributed by atoms with van der Waals surface area (Å²) in [5, 5.41) is 0. The summed E-state index contributed by atoms with van der Waals surface area (Å²) in [7, 11) is -3.22. The Labute approximate surface area is 126 Å². The van der Waals surface area contributed by atoms with E-state index in [-0.39, 0.29) is 5.75 Å². The molecule has 0 saturated carbocycles. The molecule has 1 saturated heterocycles. The molecule has 1 aromatic rings. The number of sulfonamides is 1. The van der Waals surface area contributed by atoms with E-state index in [1.54, 1.807) is 28.6 Å². The first kappa shape index (κ1) is 15.4. The van der Waals surface area contributed by atoms with E-state index < -0.39 is 10.0 Å². The number of hydrogen-bond donors (Lipinski definition) is 1. The molecule has 2 rings (SSSR count). The molecule has 1 aromatic carbocycles. The molecule has 1 aliphatic rings. The summed E-state index contributed by atoms with van der Waals surface area (Å²) < 4.78 is 26.3. The van der Waals surface area contributed by atoms with Crippen LogP contribution in [0.25, 0.3) is 0 Å². The normalized spacial score (nSPS) is 18.1. The average Bonchev–Trinajstić information content (AvgIpc) is 2.39. The molecular weight excluding hydrogens is 292 g/mol. The maximum atomic E-state index is 12.4. The quantitative estimate of drug-likeness (QED) is 0.862. The lowest BCUT2D eigenvalue weighted by Gasteiger charge is -2.29. The summed E-state index contributed by atoms with van der Waals surface area (Å²) in [6.45, 7) is 3.43. The molecule has 6 heteroatoms. The van der Waals surface area contributed by atoms with Gasteiger partial charge in [0.05, 0.1) is 5.75 Å². The van der Waals surface area contributed by atoms with Gasteiger partial charge in [0.1, 0.15) is 4.99 Å². The average molecular weight is 312 g/mol. The standard InChI is InChI=1S/C14H20N2O2S2/c1-11-6-8-16(9-7-11)20(17,18)10-12-2-4-13(5-3-12)14(15)19/h2-5,11H,6-10H2,1H3,(H2,15,19). The van der Waals surface area contributed by atoms with Crippen molar-refractivity contribution in [2.45, 2.75) is 25.5 Å². The summed E-state index contributed by atoms with van der Waals surface area (Å²) in [5.41, 5.74) is 7.05. The monoisotopic (exact) mass is 312 g/mol. The van der Waals surface area contributed by atoms with Crippen molar-refractivity contribution in [3.63, 3.8) is 0 Å². The van der Waals surface area contributed by atoms with Crippen molar-refractivity contribution in [1.29, 1.82) is 0 Å². The van der Waals surface area contributed by atoms with Crippen LogP contribution in [0, 0.1) is 5.92 Å². The minimum Gasteiger partial charge on any atom is -0.389 e. The molecule has 0 unspecified atom stereocenters. The SMILES string of the molecule is CC1CCN(S(=O)(=O)Cc2ccc(C(N)=S)cc2)CC1. The minimum atomic E-state index is -3.22. The number of benzene rings is 1. The van der Waals surface area contributed by atoms with Gasteiger partial charge in [0, 0.05) is 18.7 Å². The van der Waals surface area contributed by atoms with Crippen LogP contribution in [0.5, 0.6) is 0 Å². The molecule has 0 atom stereocenters. The Morgan fingerprint density at radius 3 is 2.35 bits per heavy atom. The molecule has 1 aliphatic heterocycles. The number of piperidine rings is 1. The van der Waals surface area contributed by atoms with Gasteiger partial charge >= 0.3 is 0 Å². The molecule has 20 heavy (non-hydrogen) atoms. The van der Waals surface area contributed by atoms with Gasteiger partial charge in [-0.05, 0) is 24.3 Å². The second-order valence-corrected chi connectivity index (χ2v) is 7.81. The van der Waals surface area contributed by atoms with Crippen molar-refractivity contribution in [3.05, 3.63) is 35.4 Å². The molecule has 110 valence electrons. The molecular formula is C14H20N2O2S2. The Bertz CT molecular complexity index is 574. The van der Waals surface area contributed by atoms with Gasteiger partial charge in [0.2, 0.25) is 10.0 Å². The van der Waals surface area contributed by atoms with Crippen molar-refractivity contribution in [1.82, 2.24) is 4.31 Å². The molecule has 2 N–H and O–H groups in total. The van der Waals surface area contributed by atoms with Gasteiger partial charge in [-0.3, -0.25) is 0 Å². The Kier molecular flexibility index (Phi) is 4.78. The molecule has 1 fully saturated rings. The van der Waals surface area contributed by atoms with E-state index in [4.69, 9.17) is 18.0 Å². The first-order valence-electron chi connectivity index (χ1n) is 6.75. The van der Waals surface area contributed by atoms with Crippen LogP contribution in [0.1, 0.15) is 30.9 Å². The van der Waals surface area contributed by atoms with E-state index in [9.17, 15) is 8.42 Å². The van der Waals surface area contributed by atoms with E-state index in [0.717, 1.165) is 24.0 Å². The summed E-state index contributed by atoms with van der Waals surface area (Å²) in [6, 6.07) is 7.09. The Morgan fingerprint density at radius 2 is 1.85 bits per heavy atom. The number of thiocarbonyl (C=S) groups is 1. The van der Waals surface area contributed by atoms with Gasteiger partial charge in [0.25, 0.3) is 0 Å². The number of nitrogens with zero attached hydrogens (tertiary/aromatic N) is 1. The minimum absolute atomic E-state index is 0.0407. The second-order valence-electron chi connectivity index (χ2n) is 5.40. The van der Waals surface area contributed by atoms with Crippen molar-refractivity contribution >= 4 is 27.2 Å². The van der Waals surface area contributed by atoms with Gasteiger partial charge in [-0.15, -0.1) is 0 Å². The van der Waals surface area contributed by atoms with Crippen LogP contribution in [0.2, 0.25) is 0 Å². The Morgan fingerprint density at radius 1 is 1.30 bits per heavy atom. The molecule has 0 aliphatic carbocycles. The lowest BCUT2D eigenvalue weighted by molar-refractivity contribution is 0.287. The molecule has 0 amide bonds. The van der Waals surface area contributed by atoms with Crippen LogP contribution >= 0.6 is 12.2 Å². The highest BCUT2D eigenvalue weighted by Gasteiger charge is 2.26. The van der Waals surface area contributed by atoms with Gasteiger partial charge in [-0.2, -0.15) is 0 Å². The van der Waals surface area contributed by atoms with E-state index in [1.807, 2.05) is 0 Å². The molecule has 0 radical (unpaired) electrons. The van der Waals surface area contributed by atoms with Crippen LogP contribution in [0.3, 0.4) is 0 Å². The number of rotatable bonds is 4. The Balaban J connectivity index is 2.06. The fourth-order valence-electron chi connectivity index (χ4n) is 2.33. The molecule has 4 nitrogen and oxygen atoms in total. The summed E-state index contributed by atoms with van der Waals surface area (Å²) in [5.74, 6) is 0.658. The van der Waals surface area contributed by atoms with Crippen molar-refractivity contribution in [2.75, 3.05) is 13.1 Å². The van der Waals surface area contributed by atoms with E-state index in [0.29, 0.717) is 24.0 Å². The largest absolute Gasteiger partial charge is 0.389 e. The topological polar surface area (TPSA) is 63.4 Å². The summed E-state index contributed by atoms with van der Waals surface area (Å²) in [6.07, 6.45) is 1.89. The second kappa shape index (κ2) is 6.20.